The number of fused-ring (bicyclic) bond motifs is 1. The minimum Gasteiger partial charge on any atom is -0.394 e. The molecule has 6 heteroatoms. The number of nitrogens with two attached hydrogens (primary N) is 1. The number of hydrogen-bond donors (Lipinski definition) is 2. The van der Waals surface area contributed by atoms with Gasteiger partial charge in [0.15, 0.2) is 0 Å². The number of ether oxygens (including phenoxy) is 1. The second-order valence-corrected chi connectivity index (χ2v) is 8.39. The Bertz CT molecular complexity index is 634. The maximum absolute atomic E-state index is 12.1. The van der Waals surface area contributed by atoms with E-state index in [2.05, 4.69) is 18.2 Å². The summed E-state index contributed by atoms with van der Waals surface area (Å²) in [5.74, 6) is 0.800. The summed E-state index contributed by atoms with van der Waals surface area (Å²) in [5.41, 5.74) is 9.79. The average Bonchev–Trinajstić information content (AvgIpc) is 3.03. The van der Waals surface area contributed by atoms with Crippen molar-refractivity contribution in [3.63, 3.8) is 0 Å². The largest absolute Gasteiger partial charge is 0.394 e. The Labute approximate surface area is 159 Å². The number of hydrogen-bond acceptors (Lipinski definition) is 3. The van der Waals surface area contributed by atoms with Crippen LogP contribution in [0.25, 0.3) is 0 Å². The molecule has 0 aromatic heterocycles. The highest BCUT2D eigenvalue weighted by Gasteiger charge is 2.36. The van der Waals surface area contributed by atoms with Gasteiger partial charge < -0.3 is 15.6 Å². The molecule has 2 aliphatic carbocycles. The van der Waals surface area contributed by atoms with E-state index in [1.165, 1.54) is 16.7 Å². The van der Waals surface area contributed by atoms with E-state index in [4.69, 9.17) is 10.5 Å². The maximum atomic E-state index is 12.1. The lowest BCUT2D eigenvalue weighted by molar-refractivity contribution is -0.138. The normalized spacial score (nSPS) is 28.3. The van der Waals surface area contributed by atoms with Gasteiger partial charge in [0.05, 0.1) is 6.61 Å². The summed E-state index contributed by atoms with van der Waals surface area (Å²) >= 11 is 0. The lowest BCUT2D eigenvalue weighted by Crippen LogP contribution is -2.40. The first-order valence-corrected chi connectivity index (χ1v) is 9.94. The lowest BCUT2D eigenvalue weighted by Gasteiger charge is -2.26. The minimum atomic E-state index is -4.09. The molecule has 152 valence electrons. The monoisotopic (exact) mass is 385 g/mol. The summed E-state index contributed by atoms with van der Waals surface area (Å²) in [4.78, 5) is 0. The van der Waals surface area contributed by atoms with Crippen molar-refractivity contribution in [3.05, 3.63) is 34.9 Å². The predicted molar refractivity (Wildman–Crippen MR) is 98.7 cm³/mol. The van der Waals surface area contributed by atoms with Gasteiger partial charge in [-0.15, -0.1) is 0 Å². The number of alkyl halides is 3. The first-order chi connectivity index (χ1) is 12.8. The Hall–Kier alpha value is -1.11. The van der Waals surface area contributed by atoms with Gasteiger partial charge in [-0.2, -0.15) is 13.2 Å². The van der Waals surface area contributed by atoms with Crippen LogP contribution in [0.1, 0.15) is 61.1 Å². The Morgan fingerprint density at radius 2 is 2.04 bits per heavy atom. The fourth-order valence-corrected chi connectivity index (χ4v) is 4.46. The van der Waals surface area contributed by atoms with Crippen molar-refractivity contribution in [1.29, 1.82) is 0 Å². The molecular weight excluding hydrogens is 355 g/mol. The zero-order chi connectivity index (χ0) is 19.5. The molecule has 0 spiro atoms. The Balaban J connectivity index is 1.48. The van der Waals surface area contributed by atoms with Crippen molar-refractivity contribution < 1.29 is 23.0 Å². The third-order valence-electron chi connectivity index (χ3n) is 6.09. The summed E-state index contributed by atoms with van der Waals surface area (Å²) in [6, 6.07) is 6.67. The summed E-state index contributed by atoms with van der Waals surface area (Å²) in [6.45, 7) is 0.752. The molecule has 0 bridgehead atoms. The van der Waals surface area contributed by atoms with Crippen LogP contribution in [0.15, 0.2) is 18.2 Å². The smallest absolute Gasteiger partial charge is 0.389 e. The number of aryl methyl sites for hydroxylation is 1. The van der Waals surface area contributed by atoms with Gasteiger partial charge in [0.1, 0.15) is 0 Å². The van der Waals surface area contributed by atoms with Gasteiger partial charge in [-0.25, -0.2) is 0 Å². The van der Waals surface area contributed by atoms with Crippen molar-refractivity contribution in [2.45, 2.75) is 69.0 Å². The molecule has 0 amide bonds. The molecule has 1 aromatic carbocycles. The van der Waals surface area contributed by atoms with Crippen LogP contribution in [0, 0.1) is 5.92 Å². The summed E-state index contributed by atoms with van der Waals surface area (Å²) in [5, 5.41) is 9.46. The summed E-state index contributed by atoms with van der Waals surface area (Å²) < 4.78 is 41.9. The van der Waals surface area contributed by atoms with Crippen LogP contribution in [0.2, 0.25) is 0 Å². The number of benzene rings is 1. The first kappa shape index (κ1) is 20.6. The van der Waals surface area contributed by atoms with Gasteiger partial charge in [0.2, 0.25) is 0 Å². The molecule has 0 aliphatic heterocycles. The fraction of sp³-hybridized carbons (Fsp3) is 0.714. The molecule has 0 unspecified atom stereocenters. The van der Waals surface area contributed by atoms with E-state index >= 15 is 0 Å². The van der Waals surface area contributed by atoms with Crippen LogP contribution < -0.4 is 5.73 Å². The zero-order valence-corrected chi connectivity index (χ0v) is 15.7. The molecule has 1 saturated carbocycles. The van der Waals surface area contributed by atoms with E-state index in [0.717, 1.165) is 38.5 Å². The predicted octanol–water partition coefficient (Wildman–Crippen LogP) is 4.11. The van der Waals surface area contributed by atoms with Crippen LogP contribution in [0.4, 0.5) is 13.2 Å². The third-order valence-corrected chi connectivity index (χ3v) is 6.09. The molecular formula is C21H30F3NO2. The number of aliphatic hydroxyl groups is 1. The van der Waals surface area contributed by atoms with Gasteiger partial charge >= 0.3 is 6.18 Å². The topological polar surface area (TPSA) is 55.5 Å². The van der Waals surface area contributed by atoms with Crippen LogP contribution in [0.3, 0.4) is 0 Å². The quantitative estimate of drug-likeness (QED) is 0.695. The average molecular weight is 385 g/mol. The highest BCUT2D eigenvalue weighted by Crippen LogP contribution is 2.40. The van der Waals surface area contributed by atoms with E-state index in [1.807, 2.05) is 0 Å². The molecule has 3 nitrogen and oxygen atoms in total. The van der Waals surface area contributed by atoms with Crippen molar-refractivity contribution in [2.24, 2.45) is 11.7 Å². The summed E-state index contributed by atoms with van der Waals surface area (Å²) in [7, 11) is 0. The van der Waals surface area contributed by atoms with Crippen molar-refractivity contribution in [2.75, 3.05) is 19.8 Å². The number of halogens is 3. The first-order valence-electron chi connectivity index (χ1n) is 9.94. The third kappa shape index (κ3) is 5.69. The van der Waals surface area contributed by atoms with Crippen molar-refractivity contribution in [3.8, 4) is 0 Å². The van der Waals surface area contributed by atoms with Crippen LogP contribution in [0.5, 0.6) is 0 Å². The van der Waals surface area contributed by atoms with E-state index in [1.54, 1.807) is 0 Å². The molecule has 1 fully saturated rings. The molecule has 27 heavy (non-hydrogen) atoms. The highest BCUT2D eigenvalue weighted by molar-refractivity contribution is 5.36. The molecule has 3 atom stereocenters. The standard InChI is InChI=1S/C21H30F3NO2/c22-21(23,24)7-1-9-27-13-15-2-3-17-11-18(5-4-16(17)10-15)19-6-8-20(25,12-19)14-26/h4-5,11,15,19,26H,1-3,6-10,12-14,25H2/t15-,19+,20-/m1/s1. The van der Waals surface area contributed by atoms with Gasteiger partial charge in [-0.1, -0.05) is 18.2 Å². The van der Waals surface area contributed by atoms with E-state index in [0.29, 0.717) is 18.4 Å². The SMILES string of the molecule is N[C@]1(CO)CC[C@H](c2ccc3c(c2)CC[C@@H](COCCCC(F)(F)F)C3)C1. The molecule has 2 aliphatic rings. The zero-order valence-electron chi connectivity index (χ0n) is 15.7. The Morgan fingerprint density at radius 3 is 2.74 bits per heavy atom. The molecule has 0 saturated heterocycles. The fourth-order valence-electron chi connectivity index (χ4n) is 4.46. The minimum absolute atomic E-state index is 0.0357. The second-order valence-electron chi connectivity index (χ2n) is 8.39. The van der Waals surface area contributed by atoms with E-state index in [-0.39, 0.29) is 19.6 Å². The van der Waals surface area contributed by atoms with Gasteiger partial charge in [-0.05, 0) is 73.5 Å². The maximum Gasteiger partial charge on any atom is 0.389 e. The van der Waals surface area contributed by atoms with E-state index in [9.17, 15) is 18.3 Å². The molecule has 1 aromatic rings. The lowest BCUT2D eigenvalue weighted by atomic mass is 9.82. The Morgan fingerprint density at radius 1 is 1.22 bits per heavy atom. The van der Waals surface area contributed by atoms with Crippen molar-refractivity contribution >= 4 is 0 Å². The second kappa shape index (κ2) is 8.50. The van der Waals surface area contributed by atoms with Crippen LogP contribution in [-0.4, -0.2) is 36.6 Å². The highest BCUT2D eigenvalue weighted by atomic mass is 19.4. The number of rotatable bonds is 7. The van der Waals surface area contributed by atoms with Crippen LogP contribution in [-0.2, 0) is 17.6 Å². The van der Waals surface area contributed by atoms with E-state index < -0.39 is 18.1 Å². The molecule has 3 rings (SSSR count). The van der Waals surface area contributed by atoms with Gasteiger partial charge in [0, 0.05) is 25.2 Å². The van der Waals surface area contributed by atoms with Crippen LogP contribution >= 0.6 is 0 Å². The molecule has 3 N–H and O–H groups in total. The van der Waals surface area contributed by atoms with Gasteiger partial charge in [0.25, 0.3) is 0 Å². The molecule has 0 heterocycles. The Kier molecular flexibility index (Phi) is 6.49. The van der Waals surface area contributed by atoms with Crippen molar-refractivity contribution in [1.82, 2.24) is 0 Å². The number of aliphatic hydroxyl groups excluding tert-OH is 1. The molecule has 0 radical (unpaired) electrons. The van der Waals surface area contributed by atoms with Gasteiger partial charge in [-0.3, -0.25) is 0 Å². The summed E-state index contributed by atoms with van der Waals surface area (Å²) in [6.07, 6.45) is 0.804.